The number of carbonyl (C=O) groups excluding carboxylic acids is 1. The molecule has 1 aromatic heterocycles. The fraction of sp³-hybridized carbons (Fsp3) is 0.478. The Labute approximate surface area is 172 Å². The van der Waals surface area contributed by atoms with Crippen LogP contribution in [0.5, 0.6) is 0 Å². The Morgan fingerprint density at radius 3 is 2.64 bits per heavy atom. The van der Waals surface area contributed by atoms with Gasteiger partial charge in [-0.2, -0.15) is 5.26 Å². The largest absolute Gasteiger partial charge is 0.362 e. The molecule has 0 spiro atoms. The summed E-state index contributed by atoms with van der Waals surface area (Å²) in [5, 5.41) is 13.4. The number of para-hydroxylation sites is 1. The second-order valence-electron chi connectivity index (χ2n) is 8.52. The van der Waals surface area contributed by atoms with E-state index in [0.29, 0.717) is 11.5 Å². The smallest absolute Gasteiger partial charge is 0.244 e. The molecule has 0 fully saturated rings. The van der Waals surface area contributed by atoms with Gasteiger partial charge in [-0.3, -0.25) is 4.79 Å². The first kappa shape index (κ1) is 20.4. The van der Waals surface area contributed by atoms with E-state index >= 15 is 0 Å². The molecule has 148 valence electrons. The summed E-state index contributed by atoms with van der Waals surface area (Å²) in [7, 11) is 0. The minimum atomic E-state index is -0.0758. The van der Waals surface area contributed by atoms with Crippen LogP contribution in [0.25, 0.3) is 0 Å². The van der Waals surface area contributed by atoms with Crippen molar-refractivity contribution < 1.29 is 4.79 Å². The van der Waals surface area contributed by atoms with Crippen molar-refractivity contribution in [3.8, 4) is 6.07 Å². The van der Waals surface area contributed by atoms with Gasteiger partial charge in [-0.15, -0.1) is 11.3 Å². The van der Waals surface area contributed by atoms with Gasteiger partial charge in [-0.1, -0.05) is 39.0 Å². The molecule has 1 amide bonds. The number of nitrogens with zero attached hydrogens (tertiary/aromatic N) is 2. The predicted octanol–water partition coefficient (Wildman–Crippen LogP) is 5.24. The Hall–Kier alpha value is -2.32. The third kappa shape index (κ3) is 4.39. The SMILES string of the molecule is CCN(CC(=O)Nc1sc2c(c1C#N)CC[C@@H](C(C)(C)C)C2)c1ccccc1. The fourth-order valence-corrected chi connectivity index (χ4v) is 5.19. The molecular weight excluding hydrogens is 366 g/mol. The first-order valence-corrected chi connectivity index (χ1v) is 10.8. The van der Waals surface area contributed by atoms with E-state index in [9.17, 15) is 10.1 Å². The number of carbonyl (C=O) groups is 1. The van der Waals surface area contributed by atoms with Crippen molar-refractivity contribution in [2.75, 3.05) is 23.3 Å². The van der Waals surface area contributed by atoms with Crippen molar-refractivity contribution >= 4 is 27.9 Å². The Morgan fingerprint density at radius 2 is 2.04 bits per heavy atom. The zero-order chi connectivity index (χ0) is 20.3. The topological polar surface area (TPSA) is 56.1 Å². The maximum Gasteiger partial charge on any atom is 0.244 e. The number of rotatable bonds is 5. The van der Waals surface area contributed by atoms with Crippen molar-refractivity contribution in [3.05, 3.63) is 46.3 Å². The van der Waals surface area contributed by atoms with E-state index in [-0.39, 0.29) is 17.9 Å². The van der Waals surface area contributed by atoms with Crippen LogP contribution in [0.2, 0.25) is 0 Å². The van der Waals surface area contributed by atoms with Crippen LogP contribution in [-0.2, 0) is 17.6 Å². The highest BCUT2D eigenvalue weighted by Gasteiger charge is 2.32. The number of nitrogens with one attached hydrogen (secondary N) is 1. The molecule has 1 heterocycles. The lowest BCUT2D eigenvalue weighted by Crippen LogP contribution is -2.33. The predicted molar refractivity (Wildman–Crippen MR) is 117 cm³/mol. The molecule has 5 heteroatoms. The number of hydrogen-bond acceptors (Lipinski definition) is 4. The van der Waals surface area contributed by atoms with Gasteiger partial charge in [0.2, 0.25) is 5.91 Å². The highest BCUT2D eigenvalue weighted by atomic mass is 32.1. The average Bonchev–Trinajstić information content (AvgIpc) is 3.02. The number of amides is 1. The molecule has 4 nitrogen and oxygen atoms in total. The lowest BCUT2D eigenvalue weighted by Gasteiger charge is -2.33. The van der Waals surface area contributed by atoms with Crippen LogP contribution in [-0.4, -0.2) is 19.0 Å². The van der Waals surface area contributed by atoms with E-state index in [1.165, 1.54) is 4.88 Å². The molecule has 0 saturated carbocycles. The minimum absolute atomic E-state index is 0.0758. The number of nitriles is 1. The van der Waals surface area contributed by atoms with E-state index in [1.54, 1.807) is 11.3 Å². The molecular formula is C23H29N3OS. The quantitative estimate of drug-likeness (QED) is 0.753. The van der Waals surface area contributed by atoms with Crippen molar-refractivity contribution in [1.29, 1.82) is 5.26 Å². The van der Waals surface area contributed by atoms with Crippen molar-refractivity contribution in [3.63, 3.8) is 0 Å². The van der Waals surface area contributed by atoms with Crippen LogP contribution in [0, 0.1) is 22.7 Å². The summed E-state index contributed by atoms with van der Waals surface area (Å²) in [6, 6.07) is 12.3. The van der Waals surface area contributed by atoms with E-state index in [1.807, 2.05) is 42.2 Å². The van der Waals surface area contributed by atoms with Gasteiger partial charge in [0.25, 0.3) is 0 Å². The van der Waals surface area contributed by atoms with Gasteiger partial charge in [0.05, 0.1) is 12.1 Å². The van der Waals surface area contributed by atoms with E-state index in [4.69, 9.17) is 0 Å². The lowest BCUT2D eigenvalue weighted by atomic mass is 9.72. The third-order valence-corrected chi connectivity index (χ3v) is 6.86. The van der Waals surface area contributed by atoms with Crippen LogP contribution in [0.1, 0.15) is 50.1 Å². The van der Waals surface area contributed by atoms with Gasteiger partial charge >= 0.3 is 0 Å². The molecule has 2 aromatic rings. The Morgan fingerprint density at radius 1 is 1.32 bits per heavy atom. The molecule has 0 aliphatic heterocycles. The number of thiophene rings is 1. The molecule has 0 radical (unpaired) electrons. The van der Waals surface area contributed by atoms with Crippen molar-refractivity contribution in [1.82, 2.24) is 0 Å². The maximum absolute atomic E-state index is 12.7. The van der Waals surface area contributed by atoms with Gasteiger partial charge in [-0.05, 0) is 55.2 Å². The highest BCUT2D eigenvalue weighted by molar-refractivity contribution is 7.16. The molecule has 0 bridgehead atoms. The normalized spacial score (nSPS) is 16.2. The highest BCUT2D eigenvalue weighted by Crippen LogP contribution is 2.43. The van der Waals surface area contributed by atoms with Gasteiger partial charge in [0, 0.05) is 17.1 Å². The lowest BCUT2D eigenvalue weighted by molar-refractivity contribution is -0.114. The number of hydrogen-bond donors (Lipinski definition) is 1. The van der Waals surface area contributed by atoms with E-state index in [0.717, 1.165) is 42.1 Å². The molecule has 1 aromatic carbocycles. The van der Waals surface area contributed by atoms with Crippen LogP contribution in [0.15, 0.2) is 30.3 Å². The van der Waals surface area contributed by atoms with Gasteiger partial charge in [0.1, 0.15) is 11.1 Å². The molecule has 28 heavy (non-hydrogen) atoms. The van der Waals surface area contributed by atoms with Crippen LogP contribution in [0.4, 0.5) is 10.7 Å². The van der Waals surface area contributed by atoms with Gasteiger partial charge in [0.15, 0.2) is 0 Å². The number of benzene rings is 1. The van der Waals surface area contributed by atoms with E-state index in [2.05, 4.69) is 32.2 Å². The number of fused-ring (bicyclic) bond motifs is 1. The number of likely N-dealkylation sites (N-methyl/N-ethyl adjacent to an activating group) is 1. The van der Waals surface area contributed by atoms with Crippen molar-refractivity contribution in [2.24, 2.45) is 11.3 Å². The van der Waals surface area contributed by atoms with E-state index < -0.39 is 0 Å². The standard InChI is InChI=1S/C23H29N3OS/c1-5-26(17-9-7-6-8-10-17)15-21(27)25-22-19(14-24)18-12-11-16(23(2,3)4)13-20(18)28-22/h6-10,16H,5,11-13,15H2,1-4H3,(H,25,27)/t16-/m1/s1. The monoisotopic (exact) mass is 395 g/mol. The zero-order valence-electron chi connectivity index (χ0n) is 17.2. The van der Waals surface area contributed by atoms with Crippen LogP contribution >= 0.6 is 11.3 Å². The Bertz CT molecular complexity index is 874. The summed E-state index contributed by atoms with van der Waals surface area (Å²) in [4.78, 5) is 16.0. The fourth-order valence-electron chi connectivity index (χ4n) is 3.90. The Kier molecular flexibility index (Phi) is 6.10. The summed E-state index contributed by atoms with van der Waals surface area (Å²) >= 11 is 1.59. The van der Waals surface area contributed by atoms with Crippen LogP contribution < -0.4 is 10.2 Å². The molecule has 3 rings (SSSR count). The second kappa shape index (κ2) is 8.36. The van der Waals surface area contributed by atoms with Crippen molar-refractivity contribution in [2.45, 2.75) is 47.0 Å². The maximum atomic E-state index is 12.7. The first-order valence-electron chi connectivity index (χ1n) is 9.98. The molecule has 1 atom stereocenters. The van der Waals surface area contributed by atoms with Gasteiger partial charge < -0.3 is 10.2 Å². The zero-order valence-corrected chi connectivity index (χ0v) is 18.0. The molecule has 1 N–H and O–H groups in total. The summed E-state index contributed by atoms with van der Waals surface area (Å²) in [6.45, 7) is 9.92. The molecule has 0 unspecified atom stereocenters. The molecule has 0 saturated heterocycles. The third-order valence-electron chi connectivity index (χ3n) is 5.69. The number of anilines is 2. The minimum Gasteiger partial charge on any atom is -0.362 e. The van der Waals surface area contributed by atoms with Crippen LogP contribution in [0.3, 0.4) is 0 Å². The molecule has 1 aliphatic carbocycles. The molecule has 1 aliphatic rings. The summed E-state index contributed by atoms with van der Waals surface area (Å²) in [5.74, 6) is 0.538. The first-order chi connectivity index (χ1) is 13.3. The summed E-state index contributed by atoms with van der Waals surface area (Å²) in [5.41, 5.74) is 3.11. The average molecular weight is 396 g/mol. The second-order valence-corrected chi connectivity index (χ2v) is 9.63. The van der Waals surface area contributed by atoms with Gasteiger partial charge in [-0.25, -0.2) is 0 Å². The summed E-state index contributed by atoms with van der Waals surface area (Å²) in [6.07, 6.45) is 3.03. The Balaban J connectivity index is 1.75. The summed E-state index contributed by atoms with van der Waals surface area (Å²) < 4.78 is 0.